The maximum absolute atomic E-state index is 12.5. The summed E-state index contributed by atoms with van der Waals surface area (Å²) in [4.78, 5) is 22.7. The molecule has 1 N–H and O–H groups in total. The number of thiazole rings is 1. The van der Waals surface area contributed by atoms with E-state index in [1.807, 2.05) is 6.07 Å². The van der Waals surface area contributed by atoms with Gasteiger partial charge < -0.3 is 10.2 Å². The molecule has 2 aromatic heterocycles. The van der Waals surface area contributed by atoms with E-state index in [4.69, 9.17) is 0 Å². The van der Waals surface area contributed by atoms with Gasteiger partial charge in [0.2, 0.25) is 0 Å². The van der Waals surface area contributed by atoms with Crippen LogP contribution in [0, 0.1) is 0 Å². The second kappa shape index (κ2) is 8.58. The van der Waals surface area contributed by atoms with Crippen LogP contribution in [-0.2, 0) is 0 Å². The molecule has 0 spiro atoms. The average Bonchev–Trinajstić information content (AvgIpc) is 3.16. The molecule has 3 heterocycles. The van der Waals surface area contributed by atoms with E-state index >= 15 is 0 Å². The van der Waals surface area contributed by atoms with Crippen molar-refractivity contribution in [3.63, 3.8) is 0 Å². The Kier molecular flexibility index (Phi) is 6.42. The van der Waals surface area contributed by atoms with Gasteiger partial charge in [0.05, 0.1) is 16.1 Å². The van der Waals surface area contributed by atoms with Gasteiger partial charge in [0, 0.05) is 32.2 Å². The SMILES string of the molecule is CCN(CC)c1nc2sc(C(=O)NC3CCN(CC(F)F)CC3)cc2s1. The minimum Gasteiger partial charge on any atom is -0.349 e. The van der Waals surface area contributed by atoms with Gasteiger partial charge in [-0.25, -0.2) is 13.8 Å². The lowest BCUT2D eigenvalue weighted by Gasteiger charge is -2.31. The first-order chi connectivity index (χ1) is 12.5. The summed E-state index contributed by atoms with van der Waals surface area (Å²) in [5, 5.41) is 4.04. The van der Waals surface area contributed by atoms with Crippen LogP contribution in [-0.4, -0.2) is 61.0 Å². The molecule has 1 aliphatic heterocycles. The lowest BCUT2D eigenvalue weighted by Crippen LogP contribution is -2.45. The number of rotatable bonds is 7. The Bertz CT molecular complexity index is 705. The Hall–Kier alpha value is -1.32. The monoisotopic (exact) mass is 402 g/mol. The van der Waals surface area contributed by atoms with Gasteiger partial charge in [-0.15, -0.1) is 11.3 Å². The van der Waals surface area contributed by atoms with Gasteiger partial charge in [-0.05, 0) is 32.8 Å². The number of piperidine rings is 1. The number of thiophene rings is 1. The van der Waals surface area contributed by atoms with Gasteiger partial charge in [-0.2, -0.15) is 0 Å². The fourth-order valence-electron chi connectivity index (χ4n) is 3.18. The van der Waals surface area contributed by atoms with Crippen LogP contribution in [0.1, 0.15) is 36.4 Å². The number of likely N-dealkylation sites (tertiary alicyclic amines) is 1. The van der Waals surface area contributed by atoms with Crippen LogP contribution in [0.2, 0.25) is 0 Å². The first kappa shape index (κ1) is 19.4. The minimum atomic E-state index is -2.30. The van der Waals surface area contributed by atoms with E-state index in [2.05, 4.69) is 29.0 Å². The number of hydrogen-bond donors (Lipinski definition) is 1. The number of nitrogens with zero attached hydrogens (tertiary/aromatic N) is 3. The highest BCUT2D eigenvalue weighted by Gasteiger charge is 2.24. The number of amides is 1. The molecule has 2 aromatic rings. The van der Waals surface area contributed by atoms with Crippen molar-refractivity contribution in [2.75, 3.05) is 37.6 Å². The first-order valence-corrected chi connectivity index (χ1v) is 10.6. The standard InChI is InChI=1S/C17H24F2N4OS2/c1-3-23(4-2)17-21-16-13(26-17)9-12(25-16)15(24)20-11-5-7-22(8-6-11)10-14(18)19/h9,11,14H,3-8,10H2,1-2H3,(H,20,24). The molecule has 1 aliphatic rings. The summed E-state index contributed by atoms with van der Waals surface area (Å²) in [6.45, 7) is 7.05. The number of anilines is 1. The van der Waals surface area contributed by atoms with Crippen molar-refractivity contribution < 1.29 is 13.6 Å². The van der Waals surface area contributed by atoms with E-state index in [9.17, 15) is 13.6 Å². The molecule has 9 heteroatoms. The molecule has 0 aromatic carbocycles. The van der Waals surface area contributed by atoms with Gasteiger partial charge in [0.1, 0.15) is 4.83 Å². The summed E-state index contributed by atoms with van der Waals surface area (Å²) < 4.78 is 25.9. The van der Waals surface area contributed by atoms with Gasteiger partial charge in [-0.1, -0.05) is 11.3 Å². The van der Waals surface area contributed by atoms with Gasteiger partial charge in [-0.3, -0.25) is 9.69 Å². The second-order valence-electron chi connectivity index (χ2n) is 6.39. The molecule has 1 fully saturated rings. The van der Waals surface area contributed by atoms with Crippen LogP contribution in [0.15, 0.2) is 6.07 Å². The summed E-state index contributed by atoms with van der Waals surface area (Å²) in [7, 11) is 0. The quantitative estimate of drug-likeness (QED) is 0.768. The van der Waals surface area contributed by atoms with E-state index in [-0.39, 0.29) is 18.5 Å². The van der Waals surface area contributed by atoms with Gasteiger partial charge >= 0.3 is 0 Å². The fraction of sp³-hybridized carbons (Fsp3) is 0.647. The number of aromatic nitrogens is 1. The molecule has 0 aliphatic carbocycles. The maximum Gasteiger partial charge on any atom is 0.261 e. The number of halogens is 2. The van der Waals surface area contributed by atoms with Crippen molar-refractivity contribution in [1.29, 1.82) is 0 Å². The minimum absolute atomic E-state index is 0.0516. The molecule has 3 rings (SSSR count). The number of fused-ring (bicyclic) bond motifs is 1. The van der Waals surface area contributed by atoms with E-state index in [1.54, 1.807) is 16.2 Å². The molecular formula is C17H24F2N4OS2. The molecular weight excluding hydrogens is 378 g/mol. The third-order valence-corrected chi connectivity index (χ3v) is 6.87. The Morgan fingerprint density at radius 2 is 2.04 bits per heavy atom. The van der Waals surface area contributed by atoms with Crippen LogP contribution < -0.4 is 10.2 Å². The lowest BCUT2D eigenvalue weighted by molar-refractivity contribution is 0.0697. The molecule has 1 saturated heterocycles. The molecule has 144 valence electrons. The second-order valence-corrected chi connectivity index (χ2v) is 8.43. The predicted molar refractivity (Wildman–Crippen MR) is 104 cm³/mol. The fourth-order valence-corrected chi connectivity index (χ4v) is 5.42. The zero-order valence-electron chi connectivity index (χ0n) is 15.0. The van der Waals surface area contributed by atoms with E-state index < -0.39 is 6.43 Å². The van der Waals surface area contributed by atoms with E-state index in [0.717, 1.165) is 27.8 Å². The smallest absolute Gasteiger partial charge is 0.261 e. The van der Waals surface area contributed by atoms with Crippen LogP contribution in [0.25, 0.3) is 9.53 Å². The Morgan fingerprint density at radius 1 is 1.35 bits per heavy atom. The molecule has 0 saturated carbocycles. The Balaban J connectivity index is 1.57. The number of carbonyl (C=O) groups excluding carboxylic acids is 1. The van der Waals surface area contributed by atoms with E-state index in [0.29, 0.717) is 30.8 Å². The predicted octanol–water partition coefficient (Wildman–Crippen LogP) is 3.66. The molecule has 0 radical (unpaired) electrons. The first-order valence-electron chi connectivity index (χ1n) is 8.96. The number of nitrogens with one attached hydrogen (secondary N) is 1. The Morgan fingerprint density at radius 3 is 2.62 bits per heavy atom. The van der Waals surface area contributed by atoms with Crippen molar-refractivity contribution in [2.45, 2.75) is 39.2 Å². The zero-order valence-corrected chi connectivity index (χ0v) is 16.6. The van der Waals surface area contributed by atoms with Crippen LogP contribution >= 0.6 is 22.7 Å². The average molecular weight is 403 g/mol. The summed E-state index contributed by atoms with van der Waals surface area (Å²) >= 11 is 3.03. The van der Waals surface area contributed by atoms with Crippen LogP contribution in [0.5, 0.6) is 0 Å². The third kappa shape index (κ3) is 4.50. The highest BCUT2D eigenvalue weighted by atomic mass is 32.1. The van der Waals surface area contributed by atoms with Crippen molar-refractivity contribution >= 4 is 43.2 Å². The molecule has 0 unspecified atom stereocenters. The lowest BCUT2D eigenvalue weighted by atomic mass is 10.1. The number of alkyl halides is 2. The summed E-state index contributed by atoms with van der Waals surface area (Å²) in [6, 6.07) is 1.96. The van der Waals surface area contributed by atoms with Crippen molar-refractivity contribution in [3.05, 3.63) is 10.9 Å². The normalized spacial score (nSPS) is 16.5. The molecule has 1 amide bonds. The summed E-state index contributed by atoms with van der Waals surface area (Å²) in [6.07, 6.45) is -0.876. The van der Waals surface area contributed by atoms with Crippen LogP contribution in [0.3, 0.4) is 0 Å². The summed E-state index contributed by atoms with van der Waals surface area (Å²) in [5.41, 5.74) is 0. The highest BCUT2D eigenvalue weighted by Crippen LogP contribution is 2.34. The molecule has 0 bridgehead atoms. The van der Waals surface area contributed by atoms with Gasteiger partial charge in [0.15, 0.2) is 5.13 Å². The number of carbonyl (C=O) groups is 1. The topological polar surface area (TPSA) is 48.5 Å². The van der Waals surface area contributed by atoms with Crippen molar-refractivity contribution in [3.8, 4) is 0 Å². The molecule has 0 atom stereocenters. The van der Waals surface area contributed by atoms with Crippen molar-refractivity contribution in [2.24, 2.45) is 0 Å². The Labute approximate surface area is 160 Å². The molecule has 26 heavy (non-hydrogen) atoms. The van der Waals surface area contributed by atoms with Gasteiger partial charge in [0.25, 0.3) is 12.3 Å². The largest absolute Gasteiger partial charge is 0.349 e. The zero-order chi connectivity index (χ0) is 18.7. The summed E-state index contributed by atoms with van der Waals surface area (Å²) in [5.74, 6) is -0.0862. The van der Waals surface area contributed by atoms with Crippen LogP contribution in [0.4, 0.5) is 13.9 Å². The highest BCUT2D eigenvalue weighted by molar-refractivity contribution is 7.29. The van der Waals surface area contributed by atoms with Crippen molar-refractivity contribution in [1.82, 2.24) is 15.2 Å². The maximum atomic E-state index is 12.5. The third-order valence-electron chi connectivity index (χ3n) is 4.65. The number of hydrogen-bond acceptors (Lipinski definition) is 6. The molecule has 5 nitrogen and oxygen atoms in total. The van der Waals surface area contributed by atoms with E-state index in [1.165, 1.54) is 11.3 Å².